The normalized spacial score (nSPS) is 11.3. The van der Waals surface area contributed by atoms with Gasteiger partial charge in [-0.15, -0.1) is 0 Å². The lowest BCUT2D eigenvalue weighted by molar-refractivity contribution is 0.628. The van der Waals surface area contributed by atoms with Gasteiger partial charge in [0.15, 0.2) is 0 Å². The summed E-state index contributed by atoms with van der Waals surface area (Å²) in [4.78, 5) is 3.39. The molecule has 0 aliphatic heterocycles. The third-order valence-corrected chi connectivity index (χ3v) is 4.45. The molecule has 3 rings (SSSR count). The first kappa shape index (κ1) is 16.3. The standard InChI is InChI=1S/C18H17Cl2FN2/c19-12-9-15(20)17-14(3-1-2-8-22)18(23-16(17)10-12)11-4-6-13(21)7-5-11/h4-7,9-10,23H,1-3,8,22H2. The van der Waals surface area contributed by atoms with Crippen LogP contribution >= 0.6 is 23.2 Å². The second-order valence-corrected chi connectivity index (χ2v) is 6.39. The lowest BCUT2D eigenvalue weighted by Gasteiger charge is -2.06. The van der Waals surface area contributed by atoms with Crippen LogP contribution in [0.3, 0.4) is 0 Å². The van der Waals surface area contributed by atoms with E-state index >= 15 is 0 Å². The van der Waals surface area contributed by atoms with Gasteiger partial charge in [0.2, 0.25) is 0 Å². The van der Waals surface area contributed by atoms with Crippen LogP contribution in [0.1, 0.15) is 18.4 Å². The van der Waals surface area contributed by atoms with E-state index in [1.807, 2.05) is 6.07 Å². The molecule has 0 unspecified atom stereocenters. The number of aromatic amines is 1. The number of aryl methyl sites for hydroxylation is 1. The van der Waals surface area contributed by atoms with Crippen LogP contribution in [0, 0.1) is 5.82 Å². The van der Waals surface area contributed by atoms with Crippen molar-refractivity contribution in [2.75, 3.05) is 6.54 Å². The molecule has 2 nitrogen and oxygen atoms in total. The smallest absolute Gasteiger partial charge is 0.123 e. The molecule has 120 valence electrons. The van der Waals surface area contributed by atoms with Crippen molar-refractivity contribution < 1.29 is 4.39 Å². The highest BCUT2D eigenvalue weighted by molar-refractivity contribution is 6.39. The van der Waals surface area contributed by atoms with Gasteiger partial charge in [0.1, 0.15) is 5.82 Å². The summed E-state index contributed by atoms with van der Waals surface area (Å²) in [7, 11) is 0. The molecule has 1 heterocycles. The Morgan fingerprint density at radius 1 is 1.04 bits per heavy atom. The number of hydrogen-bond acceptors (Lipinski definition) is 1. The number of H-pyrrole nitrogens is 1. The van der Waals surface area contributed by atoms with E-state index in [-0.39, 0.29) is 5.82 Å². The van der Waals surface area contributed by atoms with Crippen LogP contribution in [0.2, 0.25) is 10.0 Å². The van der Waals surface area contributed by atoms with E-state index < -0.39 is 0 Å². The minimum absolute atomic E-state index is 0.254. The van der Waals surface area contributed by atoms with E-state index in [9.17, 15) is 4.39 Å². The Morgan fingerprint density at radius 2 is 1.78 bits per heavy atom. The van der Waals surface area contributed by atoms with Crippen molar-refractivity contribution in [2.24, 2.45) is 5.73 Å². The topological polar surface area (TPSA) is 41.8 Å². The molecule has 3 N–H and O–H groups in total. The molecule has 1 aromatic heterocycles. The highest BCUT2D eigenvalue weighted by Crippen LogP contribution is 2.37. The summed E-state index contributed by atoms with van der Waals surface area (Å²) >= 11 is 12.5. The van der Waals surface area contributed by atoms with Gasteiger partial charge in [0.25, 0.3) is 0 Å². The summed E-state index contributed by atoms with van der Waals surface area (Å²) in [6.45, 7) is 0.661. The summed E-state index contributed by atoms with van der Waals surface area (Å²) in [5.74, 6) is -0.254. The Balaban J connectivity index is 2.16. The van der Waals surface area contributed by atoms with E-state index in [0.29, 0.717) is 16.6 Å². The summed E-state index contributed by atoms with van der Waals surface area (Å²) < 4.78 is 13.2. The van der Waals surface area contributed by atoms with Gasteiger partial charge in [0.05, 0.1) is 5.02 Å². The lowest BCUT2D eigenvalue weighted by atomic mass is 10.0. The number of nitrogens with two attached hydrogens (primary N) is 1. The molecule has 0 fully saturated rings. The minimum atomic E-state index is -0.254. The molecule has 0 bridgehead atoms. The SMILES string of the molecule is NCCCCc1c(-c2ccc(F)cc2)[nH]c2cc(Cl)cc(Cl)c12. The molecule has 0 spiro atoms. The van der Waals surface area contributed by atoms with Crippen LogP contribution in [-0.4, -0.2) is 11.5 Å². The van der Waals surface area contributed by atoms with E-state index in [0.717, 1.165) is 47.0 Å². The van der Waals surface area contributed by atoms with Gasteiger partial charge < -0.3 is 10.7 Å². The maximum atomic E-state index is 13.2. The molecule has 0 aliphatic carbocycles. The van der Waals surface area contributed by atoms with Gasteiger partial charge in [-0.3, -0.25) is 0 Å². The number of nitrogens with one attached hydrogen (secondary N) is 1. The zero-order chi connectivity index (χ0) is 16.4. The van der Waals surface area contributed by atoms with Gasteiger partial charge in [-0.1, -0.05) is 23.2 Å². The molecule has 5 heteroatoms. The average molecular weight is 351 g/mol. The quantitative estimate of drug-likeness (QED) is 0.581. The van der Waals surface area contributed by atoms with Crippen LogP contribution in [0.4, 0.5) is 4.39 Å². The fourth-order valence-electron chi connectivity index (χ4n) is 2.87. The van der Waals surface area contributed by atoms with Crippen LogP contribution < -0.4 is 5.73 Å². The zero-order valence-electron chi connectivity index (χ0n) is 12.5. The molecule has 0 atom stereocenters. The molecule has 0 saturated carbocycles. The number of unbranched alkanes of at least 4 members (excludes halogenated alkanes) is 1. The Bertz CT molecular complexity index is 825. The number of hydrogen-bond donors (Lipinski definition) is 2. The zero-order valence-corrected chi connectivity index (χ0v) is 14.0. The summed E-state index contributed by atoms with van der Waals surface area (Å²) in [5.41, 5.74) is 9.51. The summed E-state index contributed by atoms with van der Waals surface area (Å²) in [6.07, 6.45) is 2.77. The van der Waals surface area contributed by atoms with E-state index in [1.54, 1.807) is 18.2 Å². The van der Waals surface area contributed by atoms with Gasteiger partial charge in [-0.2, -0.15) is 0 Å². The maximum absolute atomic E-state index is 13.2. The third-order valence-electron chi connectivity index (χ3n) is 3.93. The molecule has 0 saturated heterocycles. The Hall–Kier alpha value is -1.55. The van der Waals surface area contributed by atoms with Gasteiger partial charge in [0, 0.05) is 21.6 Å². The fraction of sp³-hybridized carbons (Fsp3) is 0.222. The number of benzene rings is 2. The molecule has 23 heavy (non-hydrogen) atoms. The molecule has 0 radical (unpaired) electrons. The van der Waals surface area contributed by atoms with Crippen LogP contribution in [-0.2, 0) is 6.42 Å². The fourth-order valence-corrected chi connectivity index (χ4v) is 3.48. The van der Waals surface area contributed by atoms with Gasteiger partial charge in [-0.25, -0.2) is 4.39 Å². The van der Waals surface area contributed by atoms with Gasteiger partial charge >= 0.3 is 0 Å². The monoisotopic (exact) mass is 350 g/mol. The van der Waals surface area contributed by atoms with E-state index in [1.165, 1.54) is 12.1 Å². The van der Waals surface area contributed by atoms with Crippen molar-refractivity contribution in [2.45, 2.75) is 19.3 Å². The molecule has 2 aromatic carbocycles. The Morgan fingerprint density at radius 3 is 2.48 bits per heavy atom. The number of rotatable bonds is 5. The molecular weight excluding hydrogens is 334 g/mol. The largest absolute Gasteiger partial charge is 0.354 e. The number of halogens is 3. The molecular formula is C18H17Cl2FN2. The van der Waals surface area contributed by atoms with Crippen molar-refractivity contribution >= 4 is 34.1 Å². The summed E-state index contributed by atoms with van der Waals surface area (Å²) in [6, 6.07) is 10.1. The summed E-state index contributed by atoms with van der Waals surface area (Å²) in [5, 5.41) is 2.19. The second-order valence-electron chi connectivity index (χ2n) is 5.54. The first-order chi connectivity index (χ1) is 11.1. The first-order valence-corrected chi connectivity index (χ1v) is 8.31. The second kappa shape index (κ2) is 6.91. The van der Waals surface area contributed by atoms with Crippen molar-refractivity contribution in [3.8, 4) is 11.3 Å². The lowest BCUT2D eigenvalue weighted by Crippen LogP contribution is -1.99. The molecule has 0 aliphatic rings. The predicted octanol–water partition coefficient (Wildman–Crippen LogP) is 5.56. The van der Waals surface area contributed by atoms with Gasteiger partial charge in [-0.05, 0) is 73.3 Å². The van der Waals surface area contributed by atoms with Crippen molar-refractivity contribution in [3.63, 3.8) is 0 Å². The highest BCUT2D eigenvalue weighted by atomic mass is 35.5. The first-order valence-electron chi connectivity index (χ1n) is 7.55. The maximum Gasteiger partial charge on any atom is 0.123 e. The average Bonchev–Trinajstić information content (AvgIpc) is 2.87. The van der Waals surface area contributed by atoms with Crippen LogP contribution in [0.5, 0.6) is 0 Å². The predicted molar refractivity (Wildman–Crippen MR) is 95.7 cm³/mol. The van der Waals surface area contributed by atoms with E-state index in [4.69, 9.17) is 28.9 Å². The third kappa shape index (κ3) is 3.37. The minimum Gasteiger partial charge on any atom is -0.354 e. The highest BCUT2D eigenvalue weighted by Gasteiger charge is 2.16. The molecule has 3 aromatic rings. The van der Waals surface area contributed by atoms with Crippen molar-refractivity contribution in [3.05, 3.63) is 57.8 Å². The molecule has 0 amide bonds. The number of fused-ring (bicyclic) bond motifs is 1. The van der Waals surface area contributed by atoms with Crippen LogP contribution in [0.15, 0.2) is 36.4 Å². The van der Waals surface area contributed by atoms with E-state index in [2.05, 4.69) is 4.98 Å². The number of aromatic nitrogens is 1. The Kier molecular flexibility index (Phi) is 4.90. The van der Waals surface area contributed by atoms with Crippen molar-refractivity contribution in [1.29, 1.82) is 0 Å². The van der Waals surface area contributed by atoms with Crippen molar-refractivity contribution in [1.82, 2.24) is 4.98 Å². The van der Waals surface area contributed by atoms with Crippen LogP contribution in [0.25, 0.3) is 22.2 Å². The Labute approximate surface area is 144 Å².